The molecule has 1 aromatic carbocycles. The molecule has 2 amide bonds. The van der Waals surface area contributed by atoms with Gasteiger partial charge in [-0.2, -0.15) is 0 Å². The van der Waals surface area contributed by atoms with Crippen molar-refractivity contribution in [3.63, 3.8) is 0 Å². The Kier molecular flexibility index (Phi) is 4.66. The summed E-state index contributed by atoms with van der Waals surface area (Å²) in [5.74, 6) is 0.125. The molecule has 1 aliphatic rings. The molecule has 0 fully saturated rings. The number of rotatable bonds is 4. The summed E-state index contributed by atoms with van der Waals surface area (Å²) in [6.45, 7) is 5.78. The molecule has 2 aromatic rings. The number of amides is 2. The van der Waals surface area contributed by atoms with Gasteiger partial charge >= 0.3 is 0 Å². The maximum Gasteiger partial charge on any atom is 0.226 e. The minimum Gasteiger partial charge on any atom is -0.309 e. The highest BCUT2D eigenvalue weighted by Gasteiger charge is 2.30. The SMILES string of the molecule is CCC(=O)Nc1nc(-c2ccc3c(c2)C[C@H](C)N3C(=O)CC)cs1. The average Bonchev–Trinajstić information content (AvgIpc) is 3.16. The van der Waals surface area contributed by atoms with Gasteiger partial charge < -0.3 is 10.2 Å². The maximum absolute atomic E-state index is 12.2. The van der Waals surface area contributed by atoms with E-state index < -0.39 is 0 Å². The Bertz CT molecular complexity index is 784. The first-order valence-corrected chi connectivity index (χ1v) is 9.12. The summed E-state index contributed by atoms with van der Waals surface area (Å²) < 4.78 is 0. The first-order chi connectivity index (χ1) is 11.5. The van der Waals surface area contributed by atoms with Crippen LogP contribution in [0.5, 0.6) is 0 Å². The van der Waals surface area contributed by atoms with Crippen molar-refractivity contribution in [1.29, 1.82) is 0 Å². The Morgan fingerprint density at radius 2 is 2.12 bits per heavy atom. The van der Waals surface area contributed by atoms with E-state index in [0.29, 0.717) is 18.0 Å². The van der Waals surface area contributed by atoms with Gasteiger partial charge in [0.15, 0.2) is 5.13 Å². The zero-order valence-corrected chi connectivity index (χ0v) is 14.9. The lowest BCUT2D eigenvalue weighted by atomic mass is 10.1. The summed E-state index contributed by atoms with van der Waals surface area (Å²) in [6.07, 6.45) is 1.81. The van der Waals surface area contributed by atoms with Crippen molar-refractivity contribution >= 4 is 34.0 Å². The third-order valence-corrected chi connectivity index (χ3v) is 4.99. The summed E-state index contributed by atoms with van der Waals surface area (Å²) in [5.41, 5.74) is 4.05. The molecule has 1 atom stereocenters. The molecule has 0 unspecified atom stereocenters. The zero-order chi connectivity index (χ0) is 17.3. The first-order valence-electron chi connectivity index (χ1n) is 8.24. The molecule has 0 saturated heterocycles. The Hall–Kier alpha value is -2.21. The van der Waals surface area contributed by atoms with E-state index in [1.165, 1.54) is 16.9 Å². The van der Waals surface area contributed by atoms with Crippen LogP contribution in [0.15, 0.2) is 23.6 Å². The van der Waals surface area contributed by atoms with Crippen molar-refractivity contribution in [3.05, 3.63) is 29.1 Å². The third kappa shape index (κ3) is 3.06. The highest BCUT2D eigenvalue weighted by molar-refractivity contribution is 7.14. The van der Waals surface area contributed by atoms with Crippen molar-refractivity contribution in [3.8, 4) is 11.3 Å². The molecule has 3 rings (SSSR count). The number of nitrogens with zero attached hydrogens (tertiary/aromatic N) is 2. The summed E-state index contributed by atoms with van der Waals surface area (Å²) in [7, 11) is 0. The van der Waals surface area contributed by atoms with Crippen LogP contribution in [0.25, 0.3) is 11.3 Å². The van der Waals surface area contributed by atoms with E-state index in [2.05, 4.69) is 23.3 Å². The topological polar surface area (TPSA) is 62.3 Å². The predicted octanol–water partition coefficient (Wildman–Crippen LogP) is 3.85. The van der Waals surface area contributed by atoms with Crippen molar-refractivity contribution in [2.24, 2.45) is 0 Å². The molecule has 6 heteroatoms. The van der Waals surface area contributed by atoms with Gasteiger partial charge in [-0.3, -0.25) is 9.59 Å². The Labute approximate surface area is 145 Å². The van der Waals surface area contributed by atoms with Crippen molar-refractivity contribution in [2.75, 3.05) is 10.2 Å². The lowest BCUT2D eigenvalue weighted by molar-refractivity contribution is -0.118. The number of hydrogen-bond acceptors (Lipinski definition) is 4. The fourth-order valence-corrected chi connectivity index (χ4v) is 3.75. The molecular formula is C18H21N3O2S. The Morgan fingerprint density at radius 1 is 1.33 bits per heavy atom. The van der Waals surface area contributed by atoms with Crippen LogP contribution in [0.1, 0.15) is 39.2 Å². The molecule has 2 heterocycles. The van der Waals surface area contributed by atoms with Crippen molar-refractivity contribution in [1.82, 2.24) is 4.98 Å². The number of benzene rings is 1. The van der Waals surface area contributed by atoms with Crippen LogP contribution in [0.4, 0.5) is 10.8 Å². The largest absolute Gasteiger partial charge is 0.309 e. The number of aromatic nitrogens is 1. The van der Waals surface area contributed by atoms with Crippen molar-refractivity contribution < 1.29 is 9.59 Å². The Morgan fingerprint density at radius 3 is 2.83 bits per heavy atom. The van der Waals surface area contributed by atoms with Crippen LogP contribution in [0, 0.1) is 0 Å². The number of carbonyl (C=O) groups is 2. The second kappa shape index (κ2) is 6.73. The standard InChI is InChI=1S/C18H21N3O2S/c1-4-16(22)20-18-19-14(10-24-18)12-6-7-15-13(9-12)8-11(3)21(15)17(23)5-2/h6-7,9-11H,4-5,8H2,1-3H3,(H,19,20,22)/t11-/m0/s1. The summed E-state index contributed by atoms with van der Waals surface area (Å²) in [5, 5.41) is 5.35. The van der Waals surface area contributed by atoms with Gasteiger partial charge in [-0.15, -0.1) is 11.3 Å². The van der Waals surface area contributed by atoms with Gasteiger partial charge in [-0.05, 0) is 31.0 Å². The minimum atomic E-state index is -0.0348. The average molecular weight is 343 g/mol. The monoisotopic (exact) mass is 343 g/mol. The smallest absolute Gasteiger partial charge is 0.226 e. The van der Waals surface area contributed by atoms with Gasteiger partial charge in [0.25, 0.3) is 0 Å². The van der Waals surface area contributed by atoms with Gasteiger partial charge in [0, 0.05) is 35.5 Å². The maximum atomic E-state index is 12.2. The quantitative estimate of drug-likeness (QED) is 0.917. The molecule has 0 spiro atoms. The summed E-state index contributed by atoms with van der Waals surface area (Å²) in [6, 6.07) is 6.30. The molecule has 0 radical (unpaired) electrons. The van der Waals surface area contributed by atoms with Crippen molar-refractivity contribution in [2.45, 2.75) is 46.1 Å². The van der Waals surface area contributed by atoms with Gasteiger partial charge in [-0.25, -0.2) is 4.98 Å². The van der Waals surface area contributed by atoms with E-state index in [4.69, 9.17) is 0 Å². The van der Waals surface area contributed by atoms with E-state index >= 15 is 0 Å². The molecule has 0 bridgehead atoms. The lowest BCUT2D eigenvalue weighted by Crippen LogP contribution is -2.35. The molecule has 1 aromatic heterocycles. The second-order valence-electron chi connectivity index (χ2n) is 5.95. The Balaban J connectivity index is 1.86. The van der Waals surface area contributed by atoms with Crippen LogP contribution in [-0.2, 0) is 16.0 Å². The van der Waals surface area contributed by atoms with Crippen LogP contribution in [0.3, 0.4) is 0 Å². The van der Waals surface area contributed by atoms with E-state index in [1.54, 1.807) is 0 Å². The predicted molar refractivity (Wildman–Crippen MR) is 97.4 cm³/mol. The summed E-state index contributed by atoms with van der Waals surface area (Å²) >= 11 is 1.42. The highest BCUT2D eigenvalue weighted by Crippen LogP contribution is 2.36. The van der Waals surface area contributed by atoms with Crippen LogP contribution in [0.2, 0.25) is 0 Å². The molecule has 5 nitrogen and oxygen atoms in total. The number of fused-ring (bicyclic) bond motifs is 1. The van der Waals surface area contributed by atoms with E-state index in [-0.39, 0.29) is 17.9 Å². The lowest BCUT2D eigenvalue weighted by Gasteiger charge is -2.22. The number of nitrogens with one attached hydrogen (secondary N) is 1. The van der Waals surface area contributed by atoms with Gasteiger partial charge in [0.1, 0.15) is 0 Å². The fourth-order valence-electron chi connectivity index (χ4n) is 3.01. The van der Waals surface area contributed by atoms with Gasteiger partial charge in [0.2, 0.25) is 11.8 Å². The summed E-state index contributed by atoms with van der Waals surface area (Å²) in [4.78, 5) is 30.0. The van der Waals surface area contributed by atoms with Crippen LogP contribution >= 0.6 is 11.3 Å². The van der Waals surface area contributed by atoms with Crippen LogP contribution < -0.4 is 10.2 Å². The molecule has 126 valence electrons. The second-order valence-corrected chi connectivity index (χ2v) is 6.81. The number of anilines is 2. The molecule has 0 saturated carbocycles. The van der Waals surface area contributed by atoms with E-state index in [0.717, 1.165) is 23.4 Å². The van der Waals surface area contributed by atoms with Crippen LogP contribution in [-0.4, -0.2) is 22.8 Å². The molecular weight excluding hydrogens is 322 g/mol. The first kappa shape index (κ1) is 16.6. The number of thiazole rings is 1. The van der Waals surface area contributed by atoms with Gasteiger partial charge in [-0.1, -0.05) is 19.9 Å². The zero-order valence-electron chi connectivity index (χ0n) is 14.1. The normalized spacial score (nSPS) is 16.1. The minimum absolute atomic E-state index is 0.0348. The molecule has 0 aliphatic carbocycles. The molecule has 24 heavy (non-hydrogen) atoms. The highest BCUT2D eigenvalue weighted by atomic mass is 32.1. The number of carbonyl (C=O) groups excluding carboxylic acids is 2. The van der Waals surface area contributed by atoms with E-state index in [1.807, 2.05) is 36.3 Å². The van der Waals surface area contributed by atoms with E-state index in [9.17, 15) is 9.59 Å². The molecule has 1 N–H and O–H groups in total. The van der Waals surface area contributed by atoms with Gasteiger partial charge in [0.05, 0.1) is 5.69 Å². The fraction of sp³-hybridized carbons (Fsp3) is 0.389. The number of hydrogen-bond donors (Lipinski definition) is 1. The third-order valence-electron chi connectivity index (χ3n) is 4.23. The molecule has 1 aliphatic heterocycles.